The van der Waals surface area contributed by atoms with Crippen molar-refractivity contribution in [3.63, 3.8) is 0 Å². The minimum absolute atomic E-state index is 0.137. The van der Waals surface area contributed by atoms with E-state index in [1.54, 1.807) is 6.08 Å². The fourth-order valence-electron chi connectivity index (χ4n) is 3.38. The van der Waals surface area contributed by atoms with Crippen LogP contribution >= 0.6 is 0 Å². The monoisotopic (exact) mass is 373 g/mol. The largest absolute Gasteiger partial charge is 0.322 e. The molecule has 0 saturated carbocycles. The van der Waals surface area contributed by atoms with Gasteiger partial charge in [0, 0.05) is 23.0 Å². The summed E-state index contributed by atoms with van der Waals surface area (Å²) in [5.74, 6) is 0.204. The molecular weight excluding hydrogens is 346 g/mol. The van der Waals surface area contributed by atoms with Crippen LogP contribution in [0.4, 0.5) is 5.69 Å². The van der Waals surface area contributed by atoms with Crippen molar-refractivity contribution in [2.24, 2.45) is 0 Å². The van der Waals surface area contributed by atoms with Crippen LogP contribution in [0.15, 0.2) is 54.6 Å². The number of hydrogen-bond acceptors (Lipinski definition) is 2. The molecule has 2 aromatic carbocycles. The van der Waals surface area contributed by atoms with Gasteiger partial charge in [-0.3, -0.25) is 4.79 Å². The quantitative estimate of drug-likeness (QED) is 0.594. The van der Waals surface area contributed by atoms with E-state index in [0.29, 0.717) is 5.92 Å². The summed E-state index contributed by atoms with van der Waals surface area (Å²) in [6.45, 7) is 10.3. The fraction of sp³-hybridized carbons (Fsp3) is 0.250. The summed E-state index contributed by atoms with van der Waals surface area (Å²) in [6.07, 6.45) is 3.43. The van der Waals surface area contributed by atoms with Crippen LogP contribution in [0.3, 0.4) is 0 Å². The molecule has 0 aliphatic rings. The second kappa shape index (κ2) is 8.26. The second-order valence-corrected chi connectivity index (χ2v) is 7.35. The van der Waals surface area contributed by atoms with Crippen molar-refractivity contribution >= 4 is 17.7 Å². The van der Waals surface area contributed by atoms with Crippen LogP contribution in [-0.2, 0) is 4.79 Å². The third-order valence-corrected chi connectivity index (χ3v) is 4.92. The summed E-state index contributed by atoms with van der Waals surface area (Å²) in [7, 11) is 0. The van der Waals surface area contributed by atoms with Crippen molar-refractivity contribution in [2.45, 2.75) is 40.5 Å². The number of carbonyl (C=O) groups excluding carboxylic acids is 1. The van der Waals surface area contributed by atoms with Crippen LogP contribution in [0.25, 0.3) is 11.8 Å². The molecular formula is C24H27N3O. The van der Waals surface area contributed by atoms with Gasteiger partial charge in [0.25, 0.3) is 0 Å². The molecule has 0 saturated heterocycles. The van der Waals surface area contributed by atoms with Gasteiger partial charge in [-0.25, -0.2) is 4.68 Å². The highest BCUT2D eigenvalue weighted by molar-refractivity contribution is 6.03. The van der Waals surface area contributed by atoms with E-state index in [0.717, 1.165) is 39.5 Å². The van der Waals surface area contributed by atoms with Gasteiger partial charge in [-0.15, -0.1) is 0 Å². The van der Waals surface area contributed by atoms with E-state index in [-0.39, 0.29) is 5.91 Å². The molecule has 4 heteroatoms. The predicted octanol–water partition coefficient (Wildman–Crippen LogP) is 5.57. The van der Waals surface area contributed by atoms with E-state index in [2.05, 4.69) is 30.3 Å². The Labute approximate surface area is 166 Å². The standard InChI is InChI=1S/C24H27N3O/c1-16(2)21-13-9-10-17(3)24(21)25-23(28)15-14-22-18(4)26-27(19(22)5)20-11-7-6-8-12-20/h6-16H,1-5H3,(H,25,28)/b15-14+. The zero-order valence-corrected chi connectivity index (χ0v) is 17.2. The van der Waals surface area contributed by atoms with Crippen LogP contribution in [0.5, 0.6) is 0 Å². The molecule has 144 valence electrons. The van der Waals surface area contributed by atoms with Gasteiger partial charge in [-0.1, -0.05) is 50.2 Å². The summed E-state index contributed by atoms with van der Waals surface area (Å²) in [4.78, 5) is 12.6. The summed E-state index contributed by atoms with van der Waals surface area (Å²) < 4.78 is 1.91. The van der Waals surface area contributed by atoms with E-state index in [9.17, 15) is 4.79 Å². The maximum Gasteiger partial charge on any atom is 0.248 e. The second-order valence-electron chi connectivity index (χ2n) is 7.35. The number of hydrogen-bond donors (Lipinski definition) is 1. The minimum atomic E-state index is -0.137. The SMILES string of the molecule is Cc1cccc(C(C)C)c1NC(=O)/C=C/c1c(C)nn(-c2ccccc2)c1C. The average molecular weight is 374 g/mol. The van der Waals surface area contributed by atoms with Gasteiger partial charge in [0.05, 0.1) is 11.4 Å². The highest BCUT2D eigenvalue weighted by Gasteiger charge is 2.13. The van der Waals surface area contributed by atoms with Crippen molar-refractivity contribution in [3.8, 4) is 5.69 Å². The van der Waals surface area contributed by atoms with E-state index in [1.807, 2.05) is 74.0 Å². The lowest BCUT2D eigenvalue weighted by atomic mass is 9.98. The van der Waals surface area contributed by atoms with E-state index in [1.165, 1.54) is 0 Å². The molecule has 0 aliphatic carbocycles. The zero-order chi connectivity index (χ0) is 20.3. The van der Waals surface area contributed by atoms with Crippen LogP contribution in [0.2, 0.25) is 0 Å². The number of rotatable bonds is 5. The number of nitrogens with one attached hydrogen (secondary N) is 1. The zero-order valence-electron chi connectivity index (χ0n) is 17.2. The Bertz CT molecular complexity index is 1010. The number of nitrogens with zero attached hydrogens (tertiary/aromatic N) is 2. The predicted molar refractivity (Wildman–Crippen MR) is 116 cm³/mol. The van der Waals surface area contributed by atoms with Crippen molar-refractivity contribution < 1.29 is 4.79 Å². The molecule has 0 bridgehead atoms. The summed E-state index contributed by atoms with van der Waals surface area (Å²) in [5.41, 5.74) is 6.99. The van der Waals surface area contributed by atoms with Gasteiger partial charge in [0.15, 0.2) is 0 Å². The summed E-state index contributed by atoms with van der Waals surface area (Å²) >= 11 is 0. The Morgan fingerprint density at radius 3 is 2.43 bits per heavy atom. The summed E-state index contributed by atoms with van der Waals surface area (Å²) in [6, 6.07) is 16.1. The molecule has 0 fully saturated rings. The van der Waals surface area contributed by atoms with Gasteiger partial charge in [-0.05, 0) is 56.0 Å². The number of amides is 1. The molecule has 1 aromatic heterocycles. The van der Waals surface area contributed by atoms with Crippen molar-refractivity contribution in [1.29, 1.82) is 0 Å². The Kier molecular flexibility index (Phi) is 5.78. The number of aryl methyl sites for hydroxylation is 2. The van der Waals surface area contributed by atoms with Crippen molar-refractivity contribution in [1.82, 2.24) is 9.78 Å². The number of anilines is 1. The highest BCUT2D eigenvalue weighted by atomic mass is 16.1. The fourth-order valence-corrected chi connectivity index (χ4v) is 3.38. The first kappa shape index (κ1) is 19.6. The molecule has 1 N–H and O–H groups in total. The Morgan fingerprint density at radius 1 is 1.04 bits per heavy atom. The van der Waals surface area contributed by atoms with Crippen molar-refractivity contribution in [2.75, 3.05) is 5.32 Å². The van der Waals surface area contributed by atoms with Crippen LogP contribution in [0, 0.1) is 20.8 Å². The number of aromatic nitrogens is 2. The maximum absolute atomic E-state index is 12.6. The van der Waals surface area contributed by atoms with Gasteiger partial charge in [0.1, 0.15) is 0 Å². The third kappa shape index (κ3) is 4.06. The lowest BCUT2D eigenvalue weighted by Gasteiger charge is -2.15. The van der Waals surface area contributed by atoms with Gasteiger partial charge in [0.2, 0.25) is 5.91 Å². The molecule has 4 nitrogen and oxygen atoms in total. The summed E-state index contributed by atoms with van der Waals surface area (Å²) in [5, 5.41) is 7.68. The maximum atomic E-state index is 12.6. The number of para-hydroxylation sites is 2. The van der Waals surface area contributed by atoms with Crippen LogP contribution < -0.4 is 5.32 Å². The number of carbonyl (C=O) groups is 1. The molecule has 1 amide bonds. The Morgan fingerprint density at radius 2 is 1.75 bits per heavy atom. The van der Waals surface area contributed by atoms with Gasteiger partial charge >= 0.3 is 0 Å². The smallest absolute Gasteiger partial charge is 0.248 e. The van der Waals surface area contributed by atoms with Gasteiger partial charge in [-0.2, -0.15) is 5.10 Å². The van der Waals surface area contributed by atoms with E-state index in [4.69, 9.17) is 0 Å². The molecule has 0 spiro atoms. The molecule has 0 unspecified atom stereocenters. The molecule has 3 rings (SSSR count). The lowest BCUT2D eigenvalue weighted by Crippen LogP contribution is -2.11. The molecule has 1 heterocycles. The molecule has 3 aromatic rings. The van der Waals surface area contributed by atoms with Crippen LogP contribution in [-0.4, -0.2) is 15.7 Å². The molecule has 28 heavy (non-hydrogen) atoms. The number of benzene rings is 2. The van der Waals surface area contributed by atoms with Crippen LogP contribution in [0.1, 0.15) is 47.8 Å². The lowest BCUT2D eigenvalue weighted by molar-refractivity contribution is -0.111. The first-order chi connectivity index (χ1) is 13.4. The Balaban J connectivity index is 1.84. The first-order valence-electron chi connectivity index (χ1n) is 9.58. The third-order valence-electron chi connectivity index (χ3n) is 4.92. The van der Waals surface area contributed by atoms with Gasteiger partial charge < -0.3 is 5.32 Å². The normalized spacial score (nSPS) is 11.4. The first-order valence-corrected chi connectivity index (χ1v) is 9.58. The van der Waals surface area contributed by atoms with E-state index >= 15 is 0 Å². The molecule has 0 atom stereocenters. The van der Waals surface area contributed by atoms with E-state index < -0.39 is 0 Å². The molecule has 0 aliphatic heterocycles. The average Bonchev–Trinajstić information content (AvgIpc) is 2.96. The Hall–Kier alpha value is -3.14. The topological polar surface area (TPSA) is 46.9 Å². The van der Waals surface area contributed by atoms with Crippen molar-refractivity contribution in [3.05, 3.63) is 82.7 Å². The molecule has 0 radical (unpaired) electrons. The minimum Gasteiger partial charge on any atom is -0.322 e. The highest BCUT2D eigenvalue weighted by Crippen LogP contribution is 2.27.